The standard InChI is InChI=1S/C26H27FN/c1-8-26(7)25(5,6)18-11-12-19(27)22-21(18)23-20-16(13-14-28(23)26)15(2)9-10-17(20)24(22,3)4/h8-14H,1H2,2-7H3/q+1. The third-order valence-electron chi connectivity index (χ3n) is 7.86. The first-order chi connectivity index (χ1) is 13.1. The van der Waals surface area contributed by atoms with Gasteiger partial charge in [-0.1, -0.05) is 38.6 Å². The molecule has 2 aromatic carbocycles. The highest BCUT2D eigenvalue weighted by molar-refractivity contribution is 6.02. The largest absolute Gasteiger partial charge is 0.222 e. The summed E-state index contributed by atoms with van der Waals surface area (Å²) in [7, 11) is 0. The zero-order chi connectivity index (χ0) is 20.2. The lowest BCUT2D eigenvalue weighted by Gasteiger charge is -2.46. The predicted molar refractivity (Wildman–Crippen MR) is 113 cm³/mol. The fraction of sp³-hybridized carbons (Fsp3) is 0.346. The van der Waals surface area contributed by atoms with Crippen molar-refractivity contribution < 1.29 is 8.96 Å². The molecule has 5 rings (SSSR count). The van der Waals surface area contributed by atoms with Crippen LogP contribution < -0.4 is 4.57 Å². The van der Waals surface area contributed by atoms with Crippen molar-refractivity contribution in [2.75, 3.05) is 0 Å². The van der Waals surface area contributed by atoms with E-state index in [1.165, 1.54) is 27.5 Å². The molecule has 0 amide bonds. The van der Waals surface area contributed by atoms with Crippen molar-refractivity contribution in [3.05, 3.63) is 77.3 Å². The molecule has 0 spiro atoms. The van der Waals surface area contributed by atoms with Crippen LogP contribution in [-0.4, -0.2) is 0 Å². The Hall–Kier alpha value is -2.48. The topological polar surface area (TPSA) is 3.88 Å². The molecule has 1 nitrogen and oxygen atoms in total. The minimum Gasteiger partial charge on any atom is -0.207 e. The van der Waals surface area contributed by atoms with Gasteiger partial charge in [0.2, 0.25) is 5.69 Å². The van der Waals surface area contributed by atoms with Crippen molar-refractivity contribution >= 4 is 10.8 Å². The van der Waals surface area contributed by atoms with Crippen LogP contribution in [0.5, 0.6) is 0 Å². The van der Waals surface area contributed by atoms with Gasteiger partial charge < -0.3 is 0 Å². The van der Waals surface area contributed by atoms with Gasteiger partial charge in [-0.3, -0.25) is 0 Å². The molecule has 1 atom stereocenters. The lowest BCUT2D eigenvalue weighted by atomic mass is 9.59. The van der Waals surface area contributed by atoms with E-state index in [0.29, 0.717) is 0 Å². The first kappa shape index (κ1) is 17.6. The van der Waals surface area contributed by atoms with Crippen LogP contribution in [0.25, 0.3) is 22.0 Å². The second-order valence-corrected chi connectivity index (χ2v) is 9.70. The van der Waals surface area contributed by atoms with E-state index in [-0.39, 0.29) is 16.8 Å². The maximum atomic E-state index is 15.4. The molecular formula is C26H27FN+. The maximum Gasteiger partial charge on any atom is 0.222 e. The van der Waals surface area contributed by atoms with Crippen LogP contribution in [0.3, 0.4) is 0 Å². The smallest absolute Gasteiger partial charge is 0.207 e. The quantitative estimate of drug-likeness (QED) is 0.360. The van der Waals surface area contributed by atoms with Crippen LogP contribution in [0.1, 0.15) is 56.9 Å². The van der Waals surface area contributed by atoms with Crippen LogP contribution in [0, 0.1) is 12.7 Å². The molecule has 2 aliphatic rings. The molecule has 28 heavy (non-hydrogen) atoms. The van der Waals surface area contributed by atoms with Gasteiger partial charge >= 0.3 is 0 Å². The van der Waals surface area contributed by atoms with Gasteiger partial charge in [-0.05, 0) is 55.0 Å². The van der Waals surface area contributed by atoms with Gasteiger partial charge in [0.15, 0.2) is 11.7 Å². The lowest BCUT2D eigenvalue weighted by molar-refractivity contribution is -0.750. The molecule has 2 heterocycles. The number of pyridine rings is 1. The molecule has 0 saturated heterocycles. The minimum absolute atomic E-state index is 0.114. The molecule has 3 aromatic rings. The predicted octanol–water partition coefficient (Wildman–Crippen LogP) is 6.07. The number of hydrogen-bond donors (Lipinski definition) is 0. The normalized spacial score (nSPS) is 23.0. The van der Waals surface area contributed by atoms with Gasteiger partial charge in [0.1, 0.15) is 5.82 Å². The van der Waals surface area contributed by atoms with Crippen molar-refractivity contribution in [1.29, 1.82) is 0 Å². The fourth-order valence-electron chi connectivity index (χ4n) is 5.71. The van der Waals surface area contributed by atoms with Crippen LogP contribution in [-0.2, 0) is 16.4 Å². The molecule has 0 saturated carbocycles. The van der Waals surface area contributed by atoms with E-state index < -0.39 is 5.41 Å². The number of nitrogens with zero attached hydrogens (tertiary/aromatic N) is 1. The molecule has 0 fully saturated rings. The van der Waals surface area contributed by atoms with Crippen molar-refractivity contribution in [3.63, 3.8) is 0 Å². The van der Waals surface area contributed by atoms with Crippen molar-refractivity contribution in [2.45, 2.75) is 57.9 Å². The number of aromatic nitrogens is 1. The van der Waals surface area contributed by atoms with Crippen LogP contribution >= 0.6 is 0 Å². The van der Waals surface area contributed by atoms with Gasteiger partial charge in [-0.2, -0.15) is 4.57 Å². The molecule has 0 radical (unpaired) electrons. The zero-order valence-electron chi connectivity index (χ0n) is 17.6. The van der Waals surface area contributed by atoms with Crippen LogP contribution in [0.15, 0.2) is 49.2 Å². The Bertz CT molecular complexity index is 1220. The molecule has 142 valence electrons. The van der Waals surface area contributed by atoms with Crippen molar-refractivity contribution in [1.82, 2.24) is 0 Å². The minimum atomic E-state index is -0.397. The average Bonchev–Trinajstić information content (AvgIpc) is 2.64. The van der Waals surface area contributed by atoms with Crippen molar-refractivity contribution in [3.8, 4) is 11.3 Å². The van der Waals surface area contributed by atoms with E-state index in [1.54, 1.807) is 6.07 Å². The highest BCUT2D eigenvalue weighted by Gasteiger charge is 2.57. The first-order valence-corrected chi connectivity index (χ1v) is 10.0. The highest BCUT2D eigenvalue weighted by atomic mass is 19.1. The van der Waals surface area contributed by atoms with Gasteiger partial charge in [-0.25, -0.2) is 4.39 Å². The first-order valence-electron chi connectivity index (χ1n) is 10.0. The number of halogens is 1. The van der Waals surface area contributed by atoms with E-state index in [2.05, 4.69) is 83.2 Å². The molecule has 1 unspecified atom stereocenters. The molecule has 0 bridgehead atoms. The monoisotopic (exact) mass is 372 g/mol. The Morgan fingerprint density at radius 2 is 1.64 bits per heavy atom. The summed E-state index contributed by atoms with van der Waals surface area (Å²) < 4.78 is 17.7. The third kappa shape index (κ3) is 1.67. The summed E-state index contributed by atoms with van der Waals surface area (Å²) in [5.74, 6) is -0.114. The summed E-state index contributed by atoms with van der Waals surface area (Å²) >= 11 is 0. The van der Waals surface area contributed by atoms with E-state index in [4.69, 9.17) is 0 Å². The Kier molecular flexibility index (Phi) is 3.09. The highest BCUT2D eigenvalue weighted by Crippen LogP contribution is 2.56. The van der Waals surface area contributed by atoms with E-state index in [1.807, 2.05) is 6.07 Å². The zero-order valence-corrected chi connectivity index (χ0v) is 17.6. The summed E-state index contributed by atoms with van der Waals surface area (Å²) in [6, 6.07) is 10.2. The third-order valence-corrected chi connectivity index (χ3v) is 7.86. The number of allylic oxidation sites excluding steroid dienone is 1. The van der Waals surface area contributed by atoms with Gasteiger partial charge in [-0.15, -0.1) is 0 Å². The van der Waals surface area contributed by atoms with E-state index in [9.17, 15) is 0 Å². The Labute approximate surface area is 166 Å². The maximum absolute atomic E-state index is 15.4. The molecule has 1 aliphatic heterocycles. The molecule has 1 aliphatic carbocycles. The Morgan fingerprint density at radius 1 is 0.964 bits per heavy atom. The molecular weight excluding hydrogens is 345 g/mol. The van der Waals surface area contributed by atoms with Crippen molar-refractivity contribution in [2.24, 2.45) is 0 Å². The molecule has 1 aromatic heterocycles. The van der Waals surface area contributed by atoms with E-state index in [0.717, 1.165) is 16.8 Å². The number of rotatable bonds is 1. The van der Waals surface area contributed by atoms with Gasteiger partial charge in [0.05, 0.1) is 16.4 Å². The summed E-state index contributed by atoms with van der Waals surface area (Å²) in [5.41, 5.74) is 5.76. The number of aryl methyl sites for hydroxylation is 1. The van der Waals surface area contributed by atoms with Crippen LogP contribution in [0.4, 0.5) is 4.39 Å². The van der Waals surface area contributed by atoms with Crippen LogP contribution in [0.2, 0.25) is 0 Å². The SMILES string of the molecule is C=CC1(C)[n+]2ccc3c(C)ccc4c3c2-c2c(ccc(F)c2C4(C)C)C1(C)C. The average molecular weight is 373 g/mol. The molecule has 2 heteroatoms. The number of benzene rings is 2. The van der Waals surface area contributed by atoms with E-state index >= 15 is 4.39 Å². The second kappa shape index (κ2) is 4.92. The number of hydrogen-bond acceptors (Lipinski definition) is 0. The second-order valence-electron chi connectivity index (χ2n) is 9.70. The van der Waals surface area contributed by atoms with Gasteiger partial charge in [0.25, 0.3) is 0 Å². The Balaban J connectivity index is 2.16. The summed E-state index contributed by atoms with van der Waals surface area (Å²) in [4.78, 5) is 0. The summed E-state index contributed by atoms with van der Waals surface area (Å²) in [6.45, 7) is 17.4. The summed E-state index contributed by atoms with van der Waals surface area (Å²) in [5, 5.41) is 2.51. The molecule has 0 N–H and O–H groups in total. The fourth-order valence-corrected chi connectivity index (χ4v) is 5.71. The Morgan fingerprint density at radius 3 is 2.32 bits per heavy atom. The summed E-state index contributed by atoms with van der Waals surface area (Å²) in [6.07, 6.45) is 4.23. The lowest BCUT2D eigenvalue weighted by Crippen LogP contribution is -2.66. The van der Waals surface area contributed by atoms with Gasteiger partial charge in [0, 0.05) is 24.0 Å².